The van der Waals surface area contributed by atoms with E-state index in [4.69, 9.17) is 10.2 Å². The van der Waals surface area contributed by atoms with Crippen LogP contribution in [0.3, 0.4) is 0 Å². The molecule has 1 rings (SSSR count). The van der Waals surface area contributed by atoms with Crippen LogP contribution >= 0.6 is 12.4 Å². The molecule has 2 N–H and O–H groups in total. The minimum absolute atomic E-state index is 0. The second kappa shape index (κ2) is 4.08. The van der Waals surface area contributed by atoms with E-state index in [1.165, 1.54) is 12.1 Å². The third-order valence-electron chi connectivity index (χ3n) is 1.24. The first kappa shape index (κ1) is 10.9. The standard InChI is InChI=1S/C6H8N2O3.ClH/c1-4(7)5-2-3-6(11-5)8(9)10;/h2-4H,7H2,1H3;1H/t4-;/m1./s1. The lowest BCUT2D eigenvalue weighted by Crippen LogP contribution is -2.02. The highest BCUT2D eigenvalue weighted by Gasteiger charge is 2.13. The zero-order valence-electron chi connectivity index (χ0n) is 6.39. The van der Waals surface area contributed by atoms with Crippen molar-refractivity contribution in [3.63, 3.8) is 0 Å². The van der Waals surface area contributed by atoms with Crippen LogP contribution in [0.1, 0.15) is 18.7 Å². The molecule has 6 heteroatoms. The molecule has 1 heterocycles. The zero-order chi connectivity index (χ0) is 8.43. The van der Waals surface area contributed by atoms with Crippen LogP contribution in [0.15, 0.2) is 16.5 Å². The highest BCUT2D eigenvalue weighted by atomic mass is 35.5. The van der Waals surface area contributed by atoms with Gasteiger partial charge in [0.2, 0.25) is 0 Å². The van der Waals surface area contributed by atoms with E-state index in [-0.39, 0.29) is 24.3 Å². The number of nitro groups is 1. The van der Waals surface area contributed by atoms with Crippen LogP contribution in [-0.2, 0) is 0 Å². The maximum absolute atomic E-state index is 10.1. The molecule has 1 aromatic rings. The smallest absolute Gasteiger partial charge is 0.404 e. The fourth-order valence-corrected chi connectivity index (χ4v) is 0.685. The molecule has 1 atom stereocenters. The Morgan fingerprint density at radius 2 is 2.25 bits per heavy atom. The average molecular weight is 193 g/mol. The molecule has 0 aliphatic rings. The molecule has 0 aromatic carbocycles. The minimum atomic E-state index is -0.591. The predicted molar refractivity (Wildman–Crippen MR) is 45.2 cm³/mol. The number of rotatable bonds is 2. The zero-order valence-corrected chi connectivity index (χ0v) is 7.21. The van der Waals surface area contributed by atoms with Crippen molar-refractivity contribution in [1.29, 1.82) is 0 Å². The van der Waals surface area contributed by atoms with E-state index < -0.39 is 4.92 Å². The third-order valence-corrected chi connectivity index (χ3v) is 1.24. The predicted octanol–water partition coefficient (Wildman–Crippen LogP) is 1.63. The Bertz CT molecular complexity index is 272. The first-order valence-electron chi connectivity index (χ1n) is 3.11. The van der Waals surface area contributed by atoms with Gasteiger partial charge in [0.1, 0.15) is 10.7 Å². The maximum Gasteiger partial charge on any atom is 0.433 e. The molecule has 0 amide bonds. The van der Waals surface area contributed by atoms with E-state index in [1.807, 2.05) is 0 Å². The monoisotopic (exact) mass is 192 g/mol. The molecular weight excluding hydrogens is 184 g/mol. The van der Waals surface area contributed by atoms with E-state index in [1.54, 1.807) is 6.92 Å². The molecule has 0 aliphatic heterocycles. The van der Waals surface area contributed by atoms with Gasteiger partial charge in [0.05, 0.1) is 12.1 Å². The van der Waals surface area contributed by atoms with Crippen molar-refractivity contribution in [2.24, 2.45) is 5.73 Å². The Morgan fingerprint density at radius 1 is 1.67 bits per heavy atom. The van der Waals surface area contributed by atoms with E-state index >= 15 is 0 Å². The van der Waals surface area contributed by atoms with Crippen molar-refractivity contribution >= 4 is 18.3 Å². The van der Waals surface area contributed by atoms with Crippen LogP contribution < -0.4 is 5.73 Å². The topological polar surface area (TPSA) is 82.3 Å². The fraction of sp³-hybridized carbons (Fsp3) is 0.333. The molecule has 12 heavy (non-hydrogen) atoms. The number of halogens is 1. The Balaban J connectivity index is 0.00000121. The second-order valence-electron chi connectivity index (χ2n) is 2.22. The first-order chi connectivity index (χ1) is 5.11. The maximum atomic E-state index is 10.1. The highest BCUT2D eigenvalue weighted by molar-refractivity contribution is 5.85. The van der Waals surface area contributed by atoms with Crippen LogP contribution in [0.4, 0.5) is 5.88 Å². The summed E-state index contributed by atoms with van der Waals surface area (Å²) in [4.78, 5) is 9.52. The third kappa shape index (κ3) is 2.21. The van der Waals surface area contributed by atoms with Crippen molar-refractivity contribution in [2.75, 3.05) is 0 Å². The molecule has 0 bridgehead atoms. The fourth-order valence-electron chi connectivity index (χ4n) is 0.685. The van der Waals surface area contributed by atoms with Gasteiger partial charge in [0.25, 0.3) is 0 Å². The molecular formula is C6H9ClN2O3. The van der Waals surface area contributed by atoms with Crippen LogP contribution in [0.5, 0.6) is 0 Å². The van der Waals surface area contributed by atoms with Gasteiger partial charge in [-0.1, -0.05) is 0 Å². The molecule has 1 aromatic heterocycles. The van der Waals surface area contributed by atoms with Crippen molar-refractivity contribution < 1.29 is 9.34 Å². The van der Waals surface area contributed by atoms with Crippen molar-refractivity contribution in [3.05, 3.63) is 28.0 Å². The molecule has 0 unspecified atom stereocenters. The number of hydrogen-bond donors (Lipinski definition) is 1. The number of nitrogens with two attached hydrogens (primary N) is 1. The van der Waals surface area contributed by atoms with E-state index in [2.05, 4.69) is 0 Å². The van der Waals surface area contributed by atoms with Gasteiger partial charge in [-0.3, -0.25) is 10.1 Å². The summed E-state index contributed by atoms with van der Waals surface area (Å²) in [6.45, 7) is 1.70. The van der Waals surface area contributed by atoms with E-state index in [0.29, 0.717) is 5.76 Å². The van der Waals surface area contributed by atoms with Gasteiger partial charge < -0.3 is 10.2 Å². The normalized spacial score (nSPS) is 11.8. The van der Waals surface area contributed by atoms with Gasteiger partial charge in [-0.15, -0.1) is 12.4 Å². The lowest BCUT2D eigenvalue weighted by molar-refractivity contribution is -0.402. The van der Waals surface area contributed by atoms with Gasteiger partial charge in [-0.2, -0.15) is 0 Å². The summed E-state index contributed by atoms with van der Waals surface area (Å²) in [6, 6.07) is 2.49. The molecule has 5 nitrogen and oxygen atoms in total. The summed E-state index contributed by atoms with van der Waals surface area (Å²) >= 11 is 0. The lowest BCUT2D eigenvalue weighted by Gasteiger charge is -1.95. The summed E-state index contributed by atoms with van der Waals surface area (Å²) < 4.78 is 4.78. The molecule has 0 spiro atoms. The summed E-state index contributed by atoms with van der Waals surface area (Å²) in [5, 5.41) is 10.1. The average Bonchev–Trinajstić information content (AvgIpc) is 2.33. The lowest BCUT2D eigenvalue weighted by atomic mass is 10.3. The van der Waals surface area contributed by atoms with Gasteiger partial charge in [0.15, 0.2) is 0 Å². The molecule has 0 radical (unpaired) electrons. The highest BCUT2D eigenvalue weighted by Crippen LogP contribution is 2.19. The van der Waals surface area contributed by atoms with Crippen LogP contribution in [-0.4, -0.2) is 4.92 Å². The van der Waals surface area contributed by atoms with Crippen LogP contribution in [0, 0.1) is 10.1 Å². The molecule has 0 fully saturated rings. The number of hydrogen-bond acceptors (Lipinski definition) is 4. The molecule has 68 valence electrons. The van der Waals surface area contributed by atoms with Crippen molar-refractivity contribution in [2.45, 2.75) is 13.0 Å². The van der Waals surface area contributed by atoms with Crippen LogP contribution in [0.2, 0.25) is 0 Å². The second-order valence-corrected chi connectivity index (χ2v) is 2.22. The summed E-state index contributed by atoms with van der Waals surface area (Å²) in [5.74, 6) is 0.161. The van der Waals surface area contributed by atoms with Crippen molar-refractivity contribution in [3.8, 4) is 0 Å². The van der Waals surface area contributed by atoms with Gasteiger partial charge >= 0.3 is 5.88 Å². The first-order valence-corrected chi connectivity index (χ1v) is 3.11. The van der Waals surface area contributed by atoms with Gasteiger partial charge in [-0.05, 0) is 13.0 Å². The molecule has 0 aliphatic carbocycles. The van der Waals surface area contributed by atoms with Crippen LogP contribution in [0.25, 0.3) is 0 Å². The largest absolute Gasteiger partial charge is 0.433 e. The van der Waals surface area contributed by atoms with Crippen molar-refractivity contribution in [1.82, 2.24) is 0 Å². The number of nitrogens with zero attached hydrogens (tertiary/aromatic N) is 1. The van der Waals surface area contributed by atoms with E-state index in [9.17, 15) is 10.1 Å². The quantitative estimate of drug-likeness (QED) is 0.570. The summed E-state index contributed by atoms with van der Waals surface area (Å²) in [7, 11) is 0. The Kier molecular flexibility index (Phi) is 3.72. The summed E-state index contributed by atoms with van der Waals surface area (Å²) in [5.41, 5.74) is 5.41. The Labute approximate surface area is 75.1 Å². The van der Waals surface area contributed by atoms with E-state index in [0.717, 1.165) is 0 Å². The van der Waals surface area contributed by atoms with Gasteiger partial charge in [0, 0.05) is 0 Å². The Morgan fingerprint density at radius 3 is 2.50 bits per heavy atom. The van der Waals surface area contributed by atoms with Gasteiger partial charge in [-0.25, -0.2) is 0 Å². The summed E-state index contributed by atoms with van der Waals surface area (Å²) in [6.07, 6.45) is 0. The SMILES string of the molecule is C[C@@H](N)c1ccc([N+](=O)[O-])o1.Cl. The molecule has 0 saturated heterocycles. The molecule has 0 saturated carbocycles. The Hall–Kier alpha value is -1.07. The number of furan rings is 1. The minimum Gasteiger partial charge on any atom is -0.404 e.